The van der Waals surface area contributed by atoms with Gasteiger partial charge >= 0.3 is 5.69 Å². The van der Waals surface area contributed by atoms with Gasteiger partial charge in [-0.15, -0.1) is 0 Å². The Morgan fingerprint density at radius 1 is 1.47 bits per heavy atom. The Morgan fingerprint density at radius 3 is 2.68 bits per heavy atom. The highest BCUT2D eigenvalue weighted by molar-refractivity contribution is 5.36. The van der Waals surface area contributed by atoms with E-state index < -0.39 is 36.8 Å². The normalized spacial score (nSPS) is 30.7. The zero-order valence-corrected chi connectivity index (χ0v) is 10.4. The fourth-order valence-corrected chi connectivity index (χ4v) is 2.09. The Bertz CT molecular complexity index is 518. The van der Waals surface area contributed by atoms with Crippen LogP contribution in [0.2, 0.25) is 0 Å². The van der Waals surface area contributed by atoms with Crippen LogP contribution in [0, 0.1) is 0 Å². The lowest BCUT2D eigenvalue weighted by atomic mass is 10.1. The summed E-state index contributed by atoms with van der Waals surface area (Å²) in [6.07, 6.45) is -2.58. The minimum absolute atomic E-state index is 0.135. The summed E-state index contributed by atoms with van der Waals surface area (Å²) in [6.45, 7) is 1.39. The third kappa shape index (κ3) is 2.35. The molecule has 0 amide bonds. The largest absolute Gasteiger partial charge is 0.394 e. The van der Waals surface area contributed by atoms with Crippen LogP contribution in [-0.2, 0) is 11.2 Å². The van der Waals surface area contributed by atoms with Gasteiger partial charge in [0.2, 0.25) is 0 Å². The van der Waals surface area contributed by atoms with Crippen LogP contribution in [-0.4, -0.2) is 49.8 Å². The molecule has 0 spiro atoms. The first-order chi connectivity index (χ1) is 8.99. The summed E-state index contributed by atoms with van der Waals surface area (Å²) in [6, 6.07) is 0. The molecular weight excluding hydrogens is 254 g/mol. The molecule has 1 aromatic heterocycles. The summed E-state index contributed by atoms with van der Waals surface area (Å²) >= 11 is 0. The van der Waals surface area contributed by atoms with Crippen LogP contribution in [0.4, 0.5) is 5.82 Å². The van der Waals surface area contributed by atoms with Gasteiger partial charge in [0.1, 0.15) is 24.1 Å². The summed E-state index contributed by atoms with van der Waals surface area (Å²) in [4.78, 5) is 15.4. The Hall–Kier alpha value is -1.48. The number of hydrogen-bond acceptors (Lipinski definition) is 7. The molecule has 2 rings (SSSR count). The monoisotopic (exact) mass is 271 g/mol. The molecule has 0 unspecified atom stereocenters. The van der Waals surface area contributed by atoms with Crippen molar-refractivity contribution in [3.05, 3.63) is 22.2 Å². The lowest BCUT2D eigenvalue weighted by Crippen LogP contribution is -2.36. The Labute approximate surface area is 109 Å². The molecule has 2 heterocycles. The van der Waals surface area contributed by atoms with Gasteiger partial charge in [-0.25, -0.2) is 4.79 Å². The topological polar surface area (TPSA) is 131 Å². The number of nitrogen functional groups attached to an aromatic ring is 1. The standard InChI is InChI=1S/C11H17N3O5/c1-2-5-3-14(11(18)13-9(5)12)10-8(17)7(16)6(4-15)19-10/h3,6-8,10,15-17H,2,4H2,1H3,(H2,12,13,18)/t6-,7-,8+,10-/m1/s1. The van der Waals surface area contributed by atoms with E-state index in [0.717, 1.165) is 4.57 Å². The quantitative estimate of drug-likeness (QED) is 0.500. The van der Waals surface area contributed by atoms with Gasteiger partial charge in [-0.3, -0.25) is 4.57 Å². The molecule has 1 aromatic rings. The average molecular weight is 271 g/mol. The second kappa shape index (κ2) is 5.25. The van der Waals surface area contributed by atoms with Crippen molar-refractivity contribution in [2.24, 2.45) is 0 Å². The zero-order valence-electron chi connectivity index (χ0n) is 10.4. The molecule has 4 atom stereocenters. The second-order valence-corrected chi connectivity index (χ2v) is 4.42. The van der Waals surface area contributed by atoms with Crippen molar-refractivity contribution >= 4 is 5.82 Å². The third-order valence-electron chi connectivity index (χ3n) is 3.23. The van der Waals surface area contributed by atoms with E-state index in [1.807, 2.05) is 6.92 Å². The zero-order chi connectivity index (χ0) is 14.2. The SMILES string of the molecule is CCc1cn([C@@H]2O[C@H](CO)[C@@H](O)[C@@H]2O)c(=O)nc1N. The van der Waals surface area contributed by atoms with Crippen molar-refractivity contribution in [2.45, 2.75) is 37.9 Å². The van der Waals surface area contributed by atoms with Gasteiger partial charge in [-0.1, -0.05) is 6.92 Å². The van der Waals surface area contributed by atoms with Crippen LogP contribution in [0.5, 0.6) is 0 Å². The lowest BCUT2D eigenvalue weighted by molar-refractivity contribution is -0.0550. The van der Waals surface area contributed by atoms with Crippen molar-refractivity contribution in [3.8, 4) is 0 Å². The van der Waals surface area contributed by atoms with Gasteiger partial charge in [0.15, 0.2) is 6.23 Å². The Balaban J connectivity index is 2.40. The number of aryl methyl sites for hydroxylation is 1. The Morgan fingerprint density at radius 2 is 2.16 bits per heavy atom. The molecule has 0 bridgehead atoms. The van der Waals surface area contributed by atoms with Gasteiger partial charge in [0.25, 0.3) is 0 Å². The van der Waals surface area contributed by atoms with Crippen LogP contribution in [0.1, 0.15) is 18.7 Å². The molecule has 0 radical (unpaired) electrons. The molecule has 0 aliphatic carbocycles. The van der Waals surface area contributed by atoms with E-state index in [9.17, 15) is 15.0 Å². The maximum absolute atomic E-state index is 11.8. The summed E-state index contributed by atoms with van der Waals surface area (Å²) in [7, 11) is 0. The molecule has 0 aromatic carbocycles. The van der Waals surface area contributed by atoms with Crippen molar-refractivity contribution in [3.63, 3.8) is 0 Å². The smallest absolute Gasteiger partial charge is 0.351 e. The van der Waals surface area contributed by atoms with E-state index in [2.05, 4.69) is 4.98 Å². The van der Waals surface area contributed by atoms with Crippen molar-refractivity contribution in [1.29, 1.82) is 0 Å². The molecule has 8 heteroatoms. The van der Waals surface area contributed by atoms with E-state index >= 15 is 0 Å². The minimum Gasteiger partial charge on any atom is -0.394 e. The number of ether oxygens (including phenoxy) is 1. The molecule has 1 saturated heterocycles. The first-order valence-corrected chi connectivity index (χ1v) is 5.99. The van der Waals surface area contributed by atoms with Crippen molar-refractivity contribution in [1.82, 2.24) is 9.55 Å². The summed E-state index contributed by atoms with van der Waals surface area (Å²) < 4.78 is 6.36. The maximum atomic E-state index is 11.8. The first kappa shape index (κ1) is 13.9. The first-order valence-electron chi connectivity index (χ1n) is 5.99. The number of aromatic nitrogens is 2. The molecule has 106 valence electrons. The van der Waals surface area contributed by atoms with Gasteiger partial charge in [-0.05, 0) is 6.42 Å². The van der Waals surface area contributed by atoms with E-state index in [1.165, 1.54) is 6.20 Å². The van der Waals surface area contributed by atoms with Crippen LogP contribution < -0.4 is 11.4 Å². The van der Waals surface area contributed by atoms with E-state index in [1.54, 1.807) is 0 Å². The molecule has 1 aliphatic heterocycles. The molecule has 1 fully saturated rings. The van der Waals surface area contributed by atoms with Crippen molar-refractivity contribution < 1.29 is 20.1 Å². The Kier molecular flexibility index (Phi) is 3.85. The predicted octanol–water partition coefficient (Wildman–Crippen LogP) is -2.00. The molecular formula is C11H17N3O5. The predicted molar refractivity (Wildman–Crippen MR) is 65.3 cm³/mol. The molecule has 5 N–H and O–H groups in total. The van der Waals surface area contributed by atoms with E-state index in [-0.39, 0.29) is 5.82 Å². The number of nitrogens with two attached hydrogens (primary N) is 1. The number of aliphatic hydroxyl groups excluding tert-OH is 3. The van der Waals surface area contributed by atoms with Crippen LogP contribution in [0.3, 0.4) is 0 Å². The number of hydrogen-bond donors (Lipinski definition) is 4. The molecule has 19 heavy (non-hydrogen) atoms. The van der Waals surface area contributed by atoms with Crippen LogP contribution in [0.15, 0.2) is 11.0 Å². The third-order valence-corrected chi connectivity index (χ3v) is 3.23. The second-order valence-electron chi connectivity index (χ2n) is 4.42. The summed E-state index contributed by atoms with van der Waals surface area (Å²) in [5.74, 6) is 0.135. The van der Waals surface area contributed by atoms with Gasteiger partial charge in [0.05, 0.1) is 6.61 Å². The van der Waals surface area contributed by atoms with Crippen LogP contribution >= 0.6 is 0 Å². The van der Waals surface area contributed by atoms with E-state index in [0.29, 0.717) is 12.0 Å². The number of nitrogens with zero attached hydrogens (tertiary/aromatic N) is 2. The fraction of sp³-hybridized carbons (Fsp3) is 0.636. The average Bonchev–Trinajstić information content (AvgIpc) is 2.67. The van der Waals surface area contributed by atoms with Gasteiger partial charge < -0.3 is 25.8 Å². The maximum Gasteiger partial charge on any atom is 0.351 e. The highest BCUT2D eigenvalue weighted by Crippen LogP contribution is 2.28. The molecule has 1 aliphatic rings. The molecule has 0 saturated carbocycles. The highest BCUT2D eigenvalue weighted by atomic mass is 16.6. The highest BCUT2D eigenvalue weighted by Gasteiger charge is 2.43. The van der Waals surface area contributed by atoms with E-state index in [4.69, 9.17) is 15.6 Å². The fourth-order valence-electron chi connectivity index (χ4n) is 2.09. The number of rotatable bonds is 3. The number of aliphatic hydroxyl groups is 3. The minimum atomic E-state index is -1.31. The summed E-state index contributed by atoms with van der Waals surface area (Å²) in [5, 5.41) is 28.5. The van der Waals surface area contributed by atoms with Crippen LogP contribution in [0.25, 0.3) is 0 Å². The lowest BCUT2D eigenvalue weighted by Gasteiger charge is -2.18. The van der Waals surface area contributed by atoms with Gasteiger partial charge in [0, 0.05) is 11.8 Å². The molecule has 8 nitrogen and oxygen atoms in total. The van der Waals surface area contributed by atoms with Crippen molar-refractivity contribution in [2.75, 3.05) is 12.3 Å². The number of anilines is 1. The van der Waals surface area contributed by atoms with Gasteiger partial charge in [-0.2, -0.15) is 4.98 Å². The summed E-state index contributed by atoms with van der Waals surface area (Å²) in [5.41, 5.74) is 5.56.